The van der Waals surface area contributed by atoms with E-state index < -0.39 is 0 Å². The summed E-state index contributed by atoms with van der Waals surface area (Å²) in [6, 6.07) is 55.7. The summed E-state index contributed by atoms with van der Waals surface area (Å²) in [6.45, 7) is 18.5. The minimum atomic E-state index is -0.00429. The average Bonchev–Trinajstić information content (AvgIpc) is 4.01. The second-order valence-electron chi connectivity index (χ2n) is 19.9. The van der Waals surface area contributed by atoms with Crippen molar-refractivity contribution in [1.82, 2.24) is 0 Å². The summed E-state index contributed by atoms with van der Waals surface area (Å²) in [7, 11) is 0. The largest absolute Gasteiger partial charge is 0.456 e. The first-order chi connectivity index (χ1) is 30.8. The van der Waals surface area contributed by atoms with Crippen LogP contribution in [0.5, 0.6) is 0 Å². The molecule has 0 saturated heterocycles. The molecule has 0 unspecified atom stereocenters. The Bertz CT molecular complexity index is 3450. The summed E-state index contributed by atoms with van der Waals surface area (Å²) in [5.74, 6) is 1.71. The van der Waals surface area contributed by atoms with E-state index >= 15 is 0 Å². The van der Waals surface area contributed by atoms with Crippen LogP contribution in [0.3, 0.4) is 0 Å². The van der Waals surface area contributed by atoms with Gasteiger partial charge in [-0.2, -0.15) is 0 Å². The van der Waals surface area contributed by atoms with E-state index in [1.807, 2.05) is 35.6 Å². The van der Waals surface area contributed by atoms with Crippen LogP contribution in [-0.2, 0) is 10.8 Å². The molecule has 0 fully saturated rings. The zero-order valence-corrected chi connectivity index (χ0v) is 38.4. The third-order valence-corrected chi connectivity index (χ3v) is 14.8. The van der Waals surface area contributed by atoms with Crippen LogP contribution >= 0.6 is 11.3 Å². The lowest BCUT2D eigenvalue weighted by atomic mass is 9.36. The quantitative estimate of drug-likeness (QED) is 0.165. The summed E-state index contributed by atoms with van der Waals surface area (Å²) < 4.78 is 15.7. The molecule has 0 aliphatic carbocycles. The Morgan fingerprint density at radius 1 is 0.500 bits per heavy atom. The molecule has 0 spiro atoms. The van der Waals surface area contributed by atoms with Gasteiger partial charge in [-0.1, -0.05) is 126 Å². The predicted molar refractivity (Wildman–Crippen MR) is 273 cm³/mol. The Morgan fingerprint density at radius 3 is 1.75 bits per heavy atom. The van der Waals surface area contributed by atoms with Crippen LogP contribution in [0.25, 0.3) is 54.7 Å². The zero-order chi connectivity index (χ0) is 43.8. The van der Waals surface area contributed by atoms with Crippen LogP contribution in [0.15, 0.2) is 160 Å². The standard InChI is InChI=1S/C58H49BN2O2S/c1-34-27-41(58(6,7)8)28-35(2)54(34)61-46-20-14-19-45-53(46)59(56-55(61)43-33-40(57(3,4)5)24-26-52(43)64-56)44-25-23-39(51-32-38-16-10-12-22-49(38)63-51)30-47(44)60(45)42-18-13-17-36(29-42)50-31-37-15-9-11-21-48(37)62-50/h9-33H,1-8H3. The molecule has 2 aliphatic rings. The van der Waals surface area contributed by atoms with Gasteiger partial charge in [-0.25, -0.2) is 0 Å². The third kappa shape index (κ3) is 5.95. The number of thiophene rings is 1. The average molecular weight is 849 g/mol. The van der Waals surface area contributed by atoms with Crippen molar-refractivity contribution in [2.75, 3.05) is 9.80 Å². The Balaban J connectivity index is 1.15. The van der Waals surface area contributed by atoms with Gasteiger partial charge >= 0.3 is 0 Å². The van der Waals surface area contributed by atoms with E-state index in [1.54, 1.807) is 0 Å². The van der Waals surface area contributed by atoms with Crippen molar-refractivity contribution < 1.29 is 8.83 Å². The number of fused-ring (bicyclic) bond motifs is 8. The number of rotatable bonds is 4. The fourth-order valence-corrected chi connectivity index (χ4v) is 11.6. The summed E-state index contributed by atoms with van der Waals surface area (Å²) in [4.78, 5) is 5.11. The van der Waals surface area contributed by atoms with E-state index in [4.69, 9.17) is 8.83 Å². The van der Waals surface area contributed by atoms with Crippen molar-refractivity contribution >= 4 is 99.9 Å². The number of furan rings is 2. The smallest absolute Gasteiger partial charge is 0.264 e. The predicted octanol–water partition coefficient (Wildman–Crippen LogP) is 15.0. The maximum Gasteiger partial charge on any atom is 0.264 e. The molecule has 312 valence electrons. The number of aryl methyl sites for hydroxylation is 2. The van der Waals surface area contributed by atoms with Crippen LogP contribution in [0, 0.1) is 13.8 Å². The second-order valence-corrected chi connectivity index (χ2v) is 21.0. The number of para-hydroxylation sites is 2. The van der Waals surface area contributed by atoms with Crippen molar-refractivity contribution in [2.45, 2.75) is 66.2 Å². The summed E-state index contributed by atoms with van der Waals surface area (Å²) in [6.07, 6.45) is 0. The van der Waals surface area contributed by atoms with Gasteiger partial charge in [0, 0.05) is 59.5 Å². The molecule has 4 nitrogen and oxygen atoms in total. The van der Waals surface area contributed by atoms with E-state index in [-0.39, 0.29) is 17.5 Å². The van der Waals surface area contributed by atoms with Gasteiger partial charge in [-0.15, -0.1) is 11.3 Å². The van der Waals surface area contributed by atoms with Gasteiger partial charge in [-0.05, 0) is 125 Å². The lowest BCUT2D eigenvalue weighted by molar-refractivity contribution is 0.589. The van der Waals surface area contributed by atoms with Gasteiger partial charge in [0.05, 0.1) is 11.4 Å². The van der Waals surface area contributed by atoms with Crippen LogP contribution in [-0.4, -0.2) is 6.71 Å². The molecule has 0 atom stereocenters. The van der Waals surface area contributed by atoms with E-state index in [1.165, 1.54) is 70.8 Å². The zero-order valence-electron chi connectivity index (χ0n) is 37.6. The minimum absolute atomic E-state index is 0.00285. The highest BCUT2D eigenvalue weighted by molar-refractivity contribution is 7.33. The molecular weight excluding hydrogens is 800 g/mol. The van der Waals surface area contributed by atoms with Crippen molar-refractivity contribution in [2.24, 2.45) is 0 Å². The SMILES string of the molecule is Cc1cc(C(C)(C)C)cc(C)c1N1c2cccc3c2B(c2ccc(-c4cc5ccccc5o4)cc2N3c2cccc(-c3cc4ccccc4o3)c2)c2sc3ccc(C(C)(C)C)cc3c21. The van der Waals surface area contributed by atoms with Crippen molar-refractivity contribution in [3.8, 4) is 22.6 Å². The molecule has 10 aromatic rings. The lowest BCUT2D eigenvalue weighted by Gasteiger charge is -2.44. The molecule has 0 saturated carbocycles. The number of hydrogen-bond acceptors (Lipinski definition) is 5. The van der Waals surface area contributed by atoms with Gasteiger partial charge in [0.2, 0.25) is 0 Å². The fourth-order valence-electron chi connectivity index (χ4n) is 10.3. The van der Waals surface area contributed by atoms with Crippen molar-refractivity contribution in [1.29, 1.82) is 0 Å². The van der Waals surface area contributed by atoms with E-state index in [9.17, 15) is 0 Å². The van der Waals surface area contributed by atoms with Crippen LogP contribution in [0.2, 0.25) is 0 Å². The first-order valence-corrected chi connectivity index (χ1v) is 23.3. The summed E-state index contributed by atoms with van der Waals surface area (Å²) in [5, 5.41) is 3.50. The number of benzene rings is 7. The van der Waals surface area contributed by atoms with Gasteiger partial charge < -0.3 is 18.6 Å². The number of nitrogens with zero attached hydrogens (tertiary/aromatic N) is 2. The Hall–Kier alpha value is -6.76. The Labute approximate surface area is 379 Å². The molecule has 6 heteroatoms. The first-order valence-electron chi connectivity index (χ1n) is 22.4. The fraction of sp³-hybridized carbons (Fsp3) is 0.172. The highest BCUT2D eigenvalue weighted by Gasteiger charge is 2.46. The summed E-state index contributed by atoms with van der Waals surface area (Å²) in [5.41, 5.74) is 18.9. The molecule has 2 aliphatic heterocycles. The number of anilines is 6. The second kappa shape index (κ2) is 13.9. The van der Waals surface area contributed by atoms with Crippen molar-refractivity contribution in [3.63, 3.8) is 0 Å². The maximum atomic E-state index is 6.56. The summed E-state index contributed by atoms with van der Waals surface area (Å²) >= 11 is 1.95. The van der Waals surface area contributed by atoms with Crippen LogP contribution in [0.1, 0.15) is 63.8 Å². The molecule has 7 aromatic carbocycles. The molecule has 64 heavy (non-hydrogen) atoms. The lowest BCUT2D eigenvalue weighted by Crippen LogP contribution is -2.60. The maximum absolute atomic E-state index is 6.56. The number of hydrogen-bond donors (Lipinski definition) is 0. The van der Waals surface area contributed by atoms with Crippen LogP contribution in [0.4, 0.5) is 34.1 Å². The molecule has 0 bridgehead atoms. The molecule has 12 rings (SSSR count). The van der Waals surface area contributed by atoms with Crippen molar-refractivity contribution in [3.05, 3.63) is 174 Å². The monoisotopic (exact) mass is 848 g/mol. The minimum Gasteiger partial charge on any atom is -0.456 e. The topological polar surface area (TPSA) is 32.8 Å². The van der Waals surface area contributed by atoms with Gasteiger partial charge in [0.25, 0.3) is 6.71 Å². The van der Waals surface area contributed by atoms with E-state index in [2.05, 4.69) is 193 Å². The first kappa shape index (κ1) is 38.9. The Kier molecular flexibility index (Phi) is 8.43. The molecule has 3 aromatic heterocycles. The molecule has 0 N–H and O–H groups in total. The highest BCUT2D eigenvalue weighted by Crippen LogP contribution is 2.51. The van der Waals surface area contributed by atoms with Crippen LogP contribution < -0.4 is 25.5 Å². The molecular formula is C58H49BN2O2S. The highest BCUT2D eigenvalue weighted by atomic mass is 32.1. The molecule has 0 radical (unpaired) electrons. The van der Waals surface area contributed by atoms with Gasteiger partial charge in [0.1, 0.15) is 22.7 Å². The third-order valence-electron chi connectivity index (χ3n) is 13.6. The molecule has 5 heterocycles. The Morgan fingerprint density at radius 2 is 1.11 bits per heavy atom. The normalized spacial score (nSPS) is 13.5. The van der Waals surface area contributed by atoms with Gasteiger partial charge in [0.15, 0.2) is 0 Å². The van der Waals surface area contributed by atoms with E-state index in [0.717, 1.165) is 56.0 Å². The van der Waals surface area contributed by atoms with E-state index in [0.29, 0.717) is 0 Å². The molecule has 0 amide bonds. The van der Waals surface area contributed by atoms with Gasteiger partial charge in [-0.3, -0.25) is 0 Å².